The van der Waals surface area contributed by atoms with Gasteiger partial charge in [0.1, 0.15) is 0 Å². The minimum absolute atomic E-state index is 0.284. The summed E-state index contributed by atoms with van der Waals surface area (Å²) >= 11 is 0. The third-order valence-corrected chi connectivity index (χ3v) is 5.26. The molecular formula is C13H20N2O3S. The molecule has 0 saturated carbocycles. The highest BCUT2D eigenvalue weighted by Gasteiger charge is 2.31. The molecule has 1 heterocycles. The van der Waals surface area contributed by atoms with E-state index in [-0.39, 0.29) is 4.90 Å². The van der Waals surface area contributed by atoms with Crippen molar-refractivity contribution < 1.29 is 13.5 Å². The van der Waals surface area contributed by atoms with E-state index in [1.807, 2.05) is 6.92 Å². The van der Waals surface area contributed by atoms with Crippen LogP contribution < -0.4 is 4.90 Å². The van der Waals surface area contributed by atoms with Crippen LogP contribution in [0.5, 0.6) is 0 Å². The Kier molecular flexibility index (Phi) is 3.59. The summed E-state index contributed by atoms with van der Waals surface area (Å²) in [6.45, 7) is 3.18. The van der Waals surface area contributed by atoms with Crippen LogP contribution in [0.25, 0.3) is 0 Å². The molecule has 0 amide bonds. The second-order valence-corrected chi connectivity index (χ2v) is 7.60. The Balaban J connectivity index is 2.21. The zero-order valence-corrected chi connectivity index (χ0v) is 12.3. The molecule has 6 heteroatoms. The van der Waals surface area contributed by atoms with E-state index >= 15 is 0 Å². The lowest BCUT2D eigenvalue weighted by Crippen LogP contribution is -2.29. The van der Waals surface area contributed by atoms with Gasteiger partial charge in [0, 0.05) is 32.9 Å². The summed E-state index contributed by atoms with van der Waals surface area (Å²) in [7, 11) is -0.345. The van der Waals surface area contributed by atoms with Gasteiger partial charge in [0.2, 0.25) is 10.0 Å². The molecule has 19 heavy (non-hydrogen) atoms. The maximum Gasteiger partial charge on any atom is 0.242 e. The molecule has 0 aliphatic carbocycles. The van der Waals surface area contributed by atoms with Gasteiger partial charge in [-0.1, -0.05) is 0 Å². The zero-order valence-electron chi connectivity index (χ0n) is 11.5. The van der Waals surface area contributed by atoms with Crippen molar-refractivity contribution in [2.45, 2.75) is 23.8 Å². The Labute approximate surface area is 114 Å². The summed E-state index contributed by atoms with van der Waals surface area (Å²) in [5, 5.41) is 9.94. The van der Waals surface area contributed by atoms with Gasteiger partial charge in [-0.2, -0.15) is 0 Å². The molecule has 1 aliphatic rings. The lowest BCUT2D eigenvalue weighted by atomic mass is 10.1. The zero-order chi connectivity index (χ0) is 14.3. The first kappa shape index (κ1) is 14.3. The fourth-order valence-corrected chi connectivity index (χ4v) is 3.11. The lowest BCUT2D eigenvalue weighted by Gasteiger charge is -2.21. The minimum atomic E-state index is -3.37. The molecule has 5 nitrogen and oxygen atoms in total. The number of β-amino-alcohol motifs (C(OH)–C–C–N with tert-alkyl or cyclic N) is 1. The highest BCUT2D eigenvalue weighted by molar-refractivity contribution is 7.89. The molecule has 1 aromatic carbocycles. The van der Waals surface area contributed by atoms with Gasteiger partial charge in [0.25, 0.3) is 0 Å². The number of hydrogen-bond acceptors (Lipinski definition) is 4. The molecule has 0 radical (unpaired) electrons. The van der Waals surface area contributed by atoms with Crippen molar-refractivity contribution >= 4 is 15.7 Å². The molecule has 1 unspecified atom stereocenters. The maximum atomic E-state index is 11.9. The van der Waals surface area contributed by atoms with Crippen molar-refractivity contribution in [2.24, 2.45) is 0 Å². The van der Waals surface area contributed by atoms with Crippen LogP contribution in [0.4, 0.5) is 5.69 Å². The Bertz CT molecular complexity index is 550. The maximum absolute atomic E-state index is 11.9. The van der Waals surface area contributed by atoms with Crippen LogP contribution in [0.1, 0.15) is 13.3 Å². The molecule has 1 aromatic rings. The van der Waals surface area contributed by atoms with Gasteiger partial charge in [-0.25, -0.2) is 12.7 Å². The topological polar surface area (TPSA) is 60.9 Å². The first-order valence-electron chi connectivity index (χ1n) is 6.22. The van der Waals surface area contributed by atoms with Crippen LogP contribution in [0, 0.1) is 0 Å². The fourth-order valence-electron chi connectivity index (χ4n) is 2.21. The number of sulfonamides is 1. The molecule has 0 aromatic heterocycles. The number of hydrogen-bond donors (Lipinski definition) is 1. The third kappa shape index (κ3) is 2.91. The van der Waals surface area contributed by atoms with Gasteiger partial charge in [-0.15, -0.1) is 0 Å². The quantitative estimate of drug-likeness (QED) is 0.896. The average molecular weight is 284 g/mol. The van der Waals surface area contributed by atoms with Gasteiger partial charge in [0.05, 0.1) is 10.5 Å². The molecule has 0 spiro atoms. The third-order valence-electron chi connectivity index (χ3n) is 3.43. The van der Waals surface area contributed by atoms with E-state index in [1.165, 1.54) is 18.4 Å². The Morgan fingerprint density at radius 3 is 2.26 bits per heavy atom. The van der Waals surface area contributed by atoms with Crippen LogP contribution >= 0.6 is 0 Å². The molecule has 1 atom stereocenters. The molecule has 106 valence electrons. The normalized spacial score (nSPS) is 24.2. The lowest BCUT2D eigenvalue weighted by molar-refractivity contribution is 0.0839. The SMILES string of the molecule is CN(C)S(=O)(=O)c1ccc(N2CCC(C)(O)C2)cc1. The van der Waals surface area contributed by atoms with Crippen LogP contribution in [-0.2, 0) is 10.0 Å². The molecule has 1 fully saturated rings. The monoisotopic (exact) mass is 284 g/mol. The van der Waals surface area contributed by atoms with Gasteiger partial charge in [-0.05, 0) is 37.6 Å². The number of nitrogens with zero attached hydrogens (tertiary/aromatic N) is 2. The highest BCUT2D eigenvalue weighted by atomic mass is 32.2. The Morgan fingerprint density at radius 1 is 1.26 bits per heavy atom. The van der Waals surface area contributed by atoms with Crippen molar-refractivity contribution in [3.63, 3.8) is 0 Å². The first-order chi connectivity index (χ1) is 8.72. The summed E-state index contributed by atoms with van der Waals surface area (Å²) in [5.74, 6) is 0. The minimum Gasteiger partial charge on any atom is -0.388 e. The van der Waals surface area contributed by atoms with Crippen molar-refractivity contribution in [3.8, 4) is 0 Å². The van der Waals surface area contributed by atoms with Crippen molar-refractivity contribution in [3.05, 3.63) is 24.3 Å². The number of anilines is 1. The highest BCUT2D eigenvalue weighted by Crippen LogP contribution is 2.27. The predicted octanol–water partition coefficient (Wildman–Crippen LogP) is 0.898. The van der Waals surface area contributed by atoms with Crippen LogP contribution in [0.15, 0.2) is 29.2 Å². The average Bonchev–Trinajstić information content (AvgIpc) is 2.69. The first-order valence-corrected chi connectivity index (χ1v) is 7.66. The van der Waals surface area contributed by atoms with E-state index < -0.39 is 15.6 Å². The Morgan fingerprint density at radius 2 is 1.84 bits per heavy atom. The van der Waals surface area contributed by atoms with Crippen molar-refractivity contribution in [2.75, 3.05) is 32.1 Å². The second kappa shape index (κ2) is 4.77. The van der Waals surface area contributed by atoms with Gasteiger partial charge in [-0.3, -0.25) is 0 Å². The Hall–Kier alpha value is -1.11. The molecule has 1 aliphatic heterocycles. The molecular weight excluding hydrogens is 264 g/mol. The molecule has 2 rings (SSSR count). The molecule has 1 saturated heterocycles. The van der Waals surface area contributed by atoms with Crippen molar-refractivity contribution in [1.29, 1.82) is 0 Å². The van der Waals surface area contributed by atoms with Crippen LogP contribution in [-0.4, -0.2) is 50.6 Å². The van der Waals surface area contributed by atoms with E-state index in [9.17, 15) is 13.5 Å². The van der Waals surface area contributed by atoms with Crippen LogP contribution in [0.3, 0.4) is 0 Å². The van der Waals surface area contributed by atoms with E-state index in [0.717, 1.165) is 18.7 Å². The number of rotatable bonds is 3. The van der Waals surface area contributed by atoms with E-state index in [2.05, 4.69) is 4.90 Å². The van der Waals surface area contributed by atoms with Gasteiger partial charge in [0.15, 0.2) is 0 Å². The second-order valence-electron chi connectivity index (χ2n) is 5.45. The van der Waals surface area contributed by atoms with E-state index in [0.29, 0.717) is 6.54 Å². The van der Waals surface area contributed by atoms with E-state index in [1.54, 1.807) is 24.3 Å². The van der Waals surface area contributed by atoms with E-state index in [4.69, 9.17) is 0 Å². The summed E-state index contributed by atoms with van der Waals surface area (Å²) in [6, 6.07) is 6.80. The number of aliphatic hydroxyl groups is 1. The summed E-state index contributed by atoms with van der Waals surface area (Å²) in [5.41, 5.74) is 0.282. The predicted molar refractivity (Wildman–Crippen MR) is 74.8 cm³/mol. The standard InChI is InChI=1S/C13H20N2O3S/c1-13(16)8-9-15(10-13)11-4-6-12(7-5-11)19(17,18)14(2)3/h4-7,16H,8-10H2,1-3H3. The smallest absolute Gasteiger partial charge is 0.242 e. The summed E-state index contributed by atoms with van der Waals surface area (Å²) in [4.78, 5) is 2.35. The summed E-state index contributed by atoms with van der Waals surface area (Å²) in [6.07, 6.45) is 0.727. The van der Waals surface area contributed by atoms with Crippen LogP contribution in [0.2, 0.25) is 0 Å². The van der Waals surface area contributed by atoms with Gasteiger partial charge >= 0.3 is 0 Å². The summed E-state index contributed by atoms with van der Waals surface area (Å²) < 4.78 is 25.1. The largest absolute Gasteiger partial charge is 0.388 e. The van der Waals surface area contributed by atoms with Gasteiger partial charge < -0.3 is 10.0 Å². The fraction of sp³-hybridized carbons (Fsp3) is 0.538. The molecule has 0 bridgehead atoms. The number of benzene rings is 1. The molecule has 1 N–H and O–H groups in total. The van der Waals surface area contributed by atoms with Crippen molar-refractivity contribution in [1.82, 2.24) is 4.31 Å².